The number of aromatic nitrogens is 7. The first-order valence-corrected chi connectivity index (χ1v) is 15.0. The summed E-state index contributed by atoms with van der Waals surface area (Å²) in [4.78, 5) is 37.5. The van der Waals surface area contributed by atoms with E-state index in [0.717, 1.165) is 43.7 Å². The molecule has 1 aromatic carbocycles. The Bertz CT molecular complexity index is 2140. The Balaban J connectivity index is 1.14. The zero-order valence-corrected chi connectivity index (χ0v) is 25.2. The molecule has 12 nitrogen and oxygen atoms in total. The number of pyridine rings is 3. The average Bonchev–Trinajstić information content (AvgIpc) is 3.46. The van der Waals surface area contributed by atoms with Crippen LogP contribution >= 0.6 is 0 Å². The number of fused-ring (bicyclic) bond motifs is 1. The molecule has 0 unspecified atom stereocenters. The van der Waals surface area contributed by atoms with Gasteiger partial charge < -0.3 is 15.6 Å². The van der Waals surface area contributed by atoms with Gasteiger partial charge >= 0.3 is 0 Å². The van der Waals surface area contributed by atoms with Gasteiger partial charge in [-0.3, -0.25) is 14.3 Å². The molecule has 46 heavy (non-hydrogen) atoms. The van der Waals surface area contributed by atoms with Crippen LogP contribution in [0.25, 0.3) is 39.5 Å². The highest BCUT2D eigenvalue weighted by atomic mass is 16.1. The van der Waals surface area contributed by atoms with E-state index in [1.165, 1.54) is 10.1 Å². The van der Waals surface area contributed by atoms with Crippen LogP contribution in [0, 0.1) is 11.3 Å². The topological polar surface area (TPSA) is 156 Å². The van der Waals surface area contributed by atoms with Crippen LogP contribution in [0.4, 0.5) is 11.8 Å². The molecule has 0 bridgehead atoms. The summed E-state index contributed by atoms with van der Waals surface area (Å²) in [5, 5.41) is 12.5. The van der Waals surface area contributed by atoms with Crippen LogP contribution in [0.15, 0.2) is 90.1 Å². The number of piperidine rings is 1. The van der Waals surface area contributed by atoms with Gasteiger partial charge in [0.15, 0.2) is 11.5 Å². The fraction of sp³-hybridized carbons (Fsp3) is 0.206. The summed E-state index contributed by atoms with van der Waals surface area (Å²) in [6.07, 6.45) is 6.91. The number of aryl methyl sites for hydroxylation is 1. The summed E-state index contributed by atoms with van der Waals surface area (Å²) in [5.41, 5.74) is 12.1. The SMILES string of the molecule is Cn1ccc(-c2ccc3nc(-c4cccnc4N)n(-c4ccc(CN5CCC(Nc6nccc(C#N)n6)CC5)cc4)c3n2)cc1=O. The van der Waals surface area contributed by atoms with Crippen LogP contribution in [0.5, 0.6) is 0 Å². The lowest BCUT2D eigenvalue weighted by Crippen LogP contribution is -2.39. The maximum atomic E-state index is 12.4. The fourth-order valence-corrected chi connectivity index (χ4v) is 5.77. The van der Waals surface area contributed by atoms with Crippen molar-refractivity contribution in [1.82, 2.24) is 39.0 Å². The Morgan fingerprint density at radius 2 is 1.80 bits per heavy atom. The van der Waals surface area contributed by atoms with Crippen LogP contribution in [-0.2, 0) is 13.6 Å². The van der Waals surface area contributed by atoms with Gasteiger partial charge in [0.05, 0.1) is 11.3 Å². The number of nitrogens with one attached hydrogen (secondary N) is 1. The van der Waals surface area contributed by atoms with Gasteiger partial charge in [0.2, 0.25) is 5.95 Å². The number of hydrogen-bond donors (Lipinski definition) is 2. The Kier molecular flexibility index (Phi) is 7.66. The summed E-state index contributed by atoms with van der Waals surface area (Å²) >= 11 is 0. The van der Waals surface area contributed by atoms with Gasteiger partial charge in [-0.25, -0.2) is 24.9 Å². The molecule has 0 saturated carbocycles. The third-order valence-electron chi connectivity index (χ3n) is 8.28. The summed E-state index contributed by atoms with van der Waals surface area (Å²) in [7, 11) is 1.72. The lowest BCUT2D eigenvalue weighted by atomic mass is 10.0. The van der Waals surface area contributed by atoms with Crippen LogP contribution in [0.2, 0.25) is 0 Å². The normalized spacial score (nSPS) is 13.9. The molecule has 6 aromatic rings. The average molecular weight is 610 g/mol. The molecule has 0 radical (unpaired) electrons. The van der Waals surface area contributed by atoms with Crippen molar-refractivity contribution in [2.45, 2.75) is 25.4 Å². The van der Waals surface area contributed by atoms with Gasteiger partial charge in [-0.2, -0.15) is 5.26 Å². The quantitative estimate of drug-likeness (QED) is 0.269. The lowest BCUT2D eigenvalue weighted by molar-refractivity contribution is 0.211. The number of nitrogen functional groups attached to an aromatic ring is 1. The molecule has 5 aromatic heterocycles. The fourth-order valence-electron chi connectivity index (χ4n) is 5.77. The number of imidazole rings is 1. The third kappa shape index (κ3) is 5.79. The molecule has 1 saturated heterocycles. The number of nitrogens with zero attached hydrogens (tertiary/aromatic N) is 9. The highest BCUT2D eigenvalue weighted by Gasteiger charge is 2.21. The zero-order valence-electron chi connectivity index (χ0n) is 25.2. The molecule has 3 N–H and O–H groups in total. The molecule has 12 heteroatoms. The van der Waals surface area contributed by atoms with Crippen molar-refractivity contribution in [2.75, 3.05) is 24.1 Å². The Hall–Kier alpha value is -5.93. The summed E-state index contributed by atoms with van der Waals surface area (Å²) in [5.74, 6) is 1.52. The van der Waals surface area contributed by atoms with Crippen LogP contribution < -0.4 is 16.6 Å². The Morgan fingerprint density at radius 1 is 0.978 bits per heavy atom. The van der Waals surface area contributed by atoms with Crippen LogP contribution in [0.1, 0.15) is 24.1 Å². The number of hydrogen-bond acceptors (Lipinski definition) is 10. The van der Waals surface area contributed by atoms with Gasteiger partial charge in [0, 0.05) is 68.6 Å². The minimum Gasteiger partial charge on any atom is -0.383 e. The molecule has 0 spiro atoms. The van der Waals surface area contributed by atoms with Gasteiger partial charge in [-0.15, -0.1) is 0 Å². The van der Waals surface area contributed by atoms with Gasteiger partial charge in [0.25, 0.3) is 5.56 Å². The summed E-state index contributed by atoms with van der Waals surface area (Å²) in [6, 6.07) is 23.3. The lowest BCUT2D eigenvalue weighted by Gasteiger charge is -2.32. The molecule has 1 aliphatic heterocycles. The van der Waals surface area contributed by atoms with E-state index in [1.54, 1.807) is 37.8 Å². The maximum Gasteiger partial charge on any atom is 0.250 e. The first-order valence-electron chi connectivity index (χ1n) is 15.0. The second-order valence-corrected chi connectivity index (χ2v) is 11.3. The van der Waals surface area contributed by atoms with Crippen molar-refractivity contribution in [1.29, 1.82) is 5.26 Å². The van der Waals surface area contributed by atoms with Crippen molar-refractivity contribution in [3.05, 3.63) is 107 Å². The second kappa shape index (κ2) is 12.2. The number of benzene rings is 1. The summed E-state index contributed by atoms with van der Waals surface area (Å²) in [6.45, 7) is 2.69. The van der Waals surface area contributed by atoms with Crippen molar-refractivity contribution >= 4 is 22.9 Å². The molecular formula is C34H31N11O. The van der Waals surface area contributed by atoms with E-state index in [2.05, 4.69) is 55.5 Å². The summed E-state index contributed by atoms with van der Waals surface area (Å²) < 4.78 is 3.53. The highest BCUT2D eigenvalue weighted by Crippen LogP contribution is 2.32. The van der Waals surface area contributed by atoms with E-state index in [9.17, 15) is 4.79 Å². The first kappa shape index (κ1) is 28.8. The van der Waals surface area contributed by atoms with Gasteiger partial charge in [-0.1, -0.05) is 12.1 Å². The number of rotatable bonds is 7. The van der Waals surface area contributed by atoms with E-state index in [4.69, 9.17) is 21.0 Å². The zero-order chi connectivity index (χ0) is 31.6. The number of anilines is 2. The molecule has 6 heterocycles. The largest absolute Gasteiger partial charge is 0.383 e. The first-order chi connectivity index (χ1) is 22.4. The minimum absolute atomic E-state index is 0.104. The molecule has 0 amide bonds. The highest BCUT2D eigenvalue weighted by molar-refractivity contribution is 5.84. The Labute approximate surface area is 264 Å². The smallest absolute Gasteiger partial charge is 0.250 e. The van der Waals surface area contributed by atoms with E-state index >= 15 is 0 Å². The predicted octanol–water partition coefficient (Wildman–Crippen LogP) is 4.17. The van der Waals surface area contributed by atoms with Crippen molar-refractivity contribution in [3.8, 4) is 34.4 Å². The minimum atomic E-state index is -0.104. The van der Waals surface area contributed by atoms with E-state index in [0.29, 0.717) is 45.7 Å². The Morgan fingerprint density at radius 3 is 2.57 bits per heavy atom. The molecule has 0 atom stereocenters. The molecule has 228 valence electrons. The van der Waals surface area contributed by atoms with Gasteiger partial charge in [-0.05, 0) is 66.9 Å². The van der Waals surface area contributed by atoms with Crippen molar-refractivity contribution in [2.24, 2.45) is 7.05 Å². The molecule has 1 fully saturated rings. The maximum absolute atomic E-state index is 12.4. The second-order valence-electron chi connectivity index (χ2n) is 11.3. The monoisotopic (exact) mass is 609 g/mol. The number of nitriles is 1. The standard InChI is InChI=1S/C34H31N11O/c1-43-16-11-23(19-30(43)46)28-8-9-29-33(41-28)45(32(42-29)27-3-2-14-37-31(27)36)26-6-4-22(5-7-26)21-44-17-12-24(13-18-44)39-34-38-15-10-25(20-35)40-34/h2-11,14-16,19,24H,12-13,17-18,21H2,1H3,(H2,36,37)(H,38,39,40). The van der Waals surface area contributed by atoms with Crippen LogP contribution in [-0.4, -0.2) is 58.1 Å². The van der Waals surface area contributed by atoms with Crippen molar-refractivity contribution < 1.29 is 0 Å². The molecule has 0 aliphatic carbocycles. The van der Waals surface area contributed by atoms with E-state index in [1.807, 2.05) is 34.9 Å². The van der Waals surface area contributed by atoms with E-state index in [-0.39, 0.29) is 11.6 Å². The number of nitrogens with two attached hydrogens (primary N) is 1. The number of likely N-dealkylation sites (tertiary alicyclic amines) is 1. The van der Waals surface area contributed by atoms with E-state index < -0.39 is 0 Å². The molecule has 7 rings (SSSR count). The van der Waals surface area contributed by atoms with Crippen molar-refractivity contribution in [3.63, 3.8) is 0 Å². The third-order valence-corrected chi connectivity index (χ3v) is 8.28. The van der Waals surface area contributed by atoms with Crippen LogP contribution in [0.3, 0.4) is 0 Å². The van der Waals surface area contributed by atoms with Gasteiger partial charge in [0.1, 0.15) is 23.1 Å². The predicted molar refractivity (Wildman–Crippen MR) is 176 cm³/mol. The molecule has 1 aliphatic rings. The molecular weight excluding hydrogens is 578 g/mol.